The fourth-order valence-electron chi connectivity index (χ4n) is 3.04. The molecule has 2 aromatic carbocycles. The molecule has 0 unspecified atom stereocenters. The van der Waals surface area contributed by atoms with E-state index in [0.717, 1.165) is 18.2 Å². The lowest BCUT2D eigenvalue weighted by atomic mass is 10.0. The van der Waals surface area contributed by atoms with Crippen molar-refractivity contribution in [3.8, 4) is 16.9 Å². The lowest BCUT2D eigenvalue weighted by Gasteiger charge is -2.13. The van der Waals surface area contributed by atoms with E-state index in [-0.39, 0.29) is 43.9 Å². The van der Waals surface area contributed by atoms with Crippen molar-refractivity contribution in [3.63, 3.8) is 0 Å². The Kier molecular flexibility index (Phi) is 6.39. The van der Waals surface area contributed by atoms with E-state index in [4.69, 9.17) is 28.3 Å². The van der Waals surface area contributed by atoms with Crippen molar-refractivity contribution < 1.29 is 23.5 Å². The highest BCUT2D eigenvalue weighted by Gasteiger charge is 2.18. The molecule has 4 aromatic rings. The van der Waals surface area contributed by atoms with Gasteiger partial charge in [0.1, 0.15) is 11.6 Å². The van der Waals surface area contributed by atoms with Crippen LogP contribution in [0.4, 0.5) is 25.0 Å². The molecule has 0 aliphatic heterocycles. The lowest BCUT2D eigenvalue weighted by molar-refractivity contribution is 0.102. The van der Waals surface area contributed by atoms with E-state index in [9.17, 15) is 18.4 Å². The molecule has 0 radical (unpaired) electrons. The van der Waals surface area contributed by atoms with Crippen LogP contribution in [-0.2, 0) is 0 Å². The molecule has 2 heterocycles. The van der Waals surface area contributed by atoms with Gasteiger partial charge in [0.05, 0.1) is 40.0 Å². The van der Waals surface area contributed by atoms with Gasteiger partial charge in [0, 0.05) is 16.7 Å². The second-order valence-corrected chi connectivity index (χ2v) is 7.55. The van der Waals surface area contributed by atoms with E-state index in [0.29, 0.717) is 0 Å². The first-order valence-corrected chi connectivity index (χ1v) is 10.1. The first-order valence-electron chi connectivity index (χ1n) is 9.35. The molecule has 0 aliphatic rings. The van der Waals surface area contributed by atoms with Crippen LogP contribution in [0, 0.1) is 11.6 Å². The molecule has 172 valence electrons. The maximum Gasteiger partial charge on any atom is 0.409 e. The molecule has 4 rings (SSSR count). The highest BCUT2D eigenvalue weighted by atomic mass is 35.5. The van der Waals surface area contributed by atoms with Gasteiger partial charge in [0.25, 0.3) is 5.91 Å². The van der Waals surface area contributed by atoms with Crippen molar-refractivity contribution in [2.75, 3.05) is 10.6 Å². The first kappa shape index (κ1) is 23.1. The fourth-order valence-corrected chi connectivity index (χ4v) is 3.44. The molecule has 0 fully saturated rings. The van der Waals surface area contributed by atoms with Crippen LogP contribution in [0.1, 0.15) is 10.4 Å². The summed E-state index contributed by atoms with van der Waals surface area (Å²) in [5.74, 6) is -2.15. The summed E-state index contributed by atoms with van der Waals surface area (Å²) < 4.78 is 28.7. The maximum atomic E-state index is 14.9. The number of halogens is 4. The molecule has 0 aliphatic carbocycles. The van der Waals surface area contributed by atoms with Gasteiger partial charge in [-0.1, -0.05) is 29.3 Å². The van der Waals surface area contributed by atoms with E-state index >= 15 is 0 Å². The number of nitrogens with one attached hydrogen (secondary N) is 2. The van der Waals surface area contributed by atoms with Crippen LogP contribution < -0.4 is 10.6 Å². The van der Waals surface area contributed by atoms with Crippen molar-refractivity contribution in [1.82, 2.24) is 20.0 Å². The largest absolute Gasteiger partial charge is 0.465 e. The first-order chi connectivity index (χ1) is 16.2. The maximum absolute atomic E-state index is 14.9. The number of rotatable bonds is 5. The van der Waals surface area contributed by atoms with E-state index in [1.54, 1.807) is 0 Å². The molecule has 0 saturated carbocycles. The SMILES string of the molecule is O=C(O)Nc1cc(F)c(Cl)cc1-c1ccc(C(=O)Nc2cnc(-n3nccn3)c(Cl)c2)cc1F. The minimum Gasteiger partial charge on any atom is -0.465 e. The zero-order chi connectivity index (χ0) is 24.4. The summed E-state index contributed by atoms with van der Waals surface area (Å²) in [6.07, 6.45) is 2.76. The summed E-state index contributed by atoms with van der Waals surface area (Å²) in [7, 11) is 0. The number of amides is 2. The molecular weight excluding hydrogens is 493 g/mol. The van der Waals surface area contributed by atoms with Crippen molar-refractivity contribution in [2.45, 2.75) is 0 Å². The van der Waals surface area contributed by atoms with Crippen molar-refractivity contribution >= 4 is 46.6 Å². The summed E-state index contributed by atoms with van der Waals surface area (Å²) in [5, 5.41) is 21.2. The predicted octanol–water partition coefficient (Wildman–Crippen LogP) is 5.26. The van der Waals surface area contributed by atoms with Gasteiger partial charge >= 0.3 is 6.09 Å². The van der Waals surface area contributed by atoms with E-state index in [2.05, 4.69) is 20.5 Å². The van der Waals surface area contributed by atoms with Crippen molar-refractivity contribution in [3.05, 3.63) is 82.2 Å². The molecule has 9 nitrogen and oxygen atoms in total. The number of pyridine rings is 1. The number of carboxylic acid groups (broad SMARTS) is 1. The predicted molar refractivity (Wildman–Crippen MR) is 121 cm³/mol. The molecule has 34 heavy (non-hydrogen) atoms. The zero-order valence-electron chi connectivity index (χ0n) is 16.8. The number of anilines is 2. The van der Waals surface area contributed by atoms with Gasteiger partial charge < -0.3 is 10.4 Å². The van der Waals surface area contributed by atoms with Gasteiger partial charge in [0.15, 0.2) is 5.82 Å². The third-order valence-electron chi connectivity index (χ3n) is 4.51. The summed E-state index contributed by atoms with van der Waals surface area (Å²) >= 11 is 12.0. The number of benzene rings is 2. The molecule has 2 aromatic heterocycles. The van der Waals surface area contributed by atoms with Gasteiger partial charge in [-0.05, 0) is 30.3 Å². The Morgan fingerprint density at radius 3 is 2.29 bits per heavy atom. The monoisotopic (exact) mass is 504 g/mol. The molecule has 0 saturated heterocycles. The van der Waals surface area contributed by atoms with Crippen LogP contribution in [0.25, 0.3) is 16.9 Å². The number of carbonyl (C=O) groups is 2. The summed E-state index contributed by atoms with van der Waals surface area (Å²) in [5.41, 5.74) is -0.108. The number of hydrogen-bond donors (Lipinski definition) is 3. The molecular formula is C21H12Cl2F2N6O3. The number of aromatic nitrogens is 4. The molecule has 0 spiro atoms. The summed E-state index contributed by atoms with van der Waals surface area (Å²) in [4.78, 5) is 28.9. The lowest BCUT2D eigenvalue weighted by Crippen LogP contribution is -2.13. The normalized spacial score (nSPS) is 10.7. The second kappa shape index (κ2) is 9.41. The standard InChI is InChI=1S/C21H12Cl2F2N6O3/c22-14-7-13(18(8-17(14)25)30-21(33)34)12-2-1-10(5-16(12)24)20(32)29-11-6-15(23)19(26-9-11)31-27-3-4-28-31/h1-9,30H,(H,29,32)(H,33,34). The van der Waals surface area contributed by atoms with E-state index in [1.165, 1.54) is 41.6 Å². The second-order valence-electron chi connectivity index (χ2n) is 6.74. The van der Waals surface area contributed by atoms with Gasteiger partial charge in [-0.15, -0.1) is 4.80 Å². The van der Waals surface area contributed by atoms with Crippen LogP contribution in [0.2, 0.25) is 10.0 Å². The topological polar surface area (TPSA) is 122 Å². The van der Waals surface area contributed by atoms with Gasteiger partial charge in [0.2, 0.25) is 0 Å². The third-order valence-corrected chi connectivity index (χ3v) is 5.08. The molecule has 0 atom stereocenters. The summed E-state index contributed by atoms with van der Waals surface area (Å²) in [6.45, 7) is 0. The van der Waals surface area contributed by atoms with E-state index in [1.807, 2.05) is 5.32 Å². The van der Waals surface area contributed by atoms with Crippen LogP contribution in [0.5, 0.6) is 0 Å². The van der Waals surface area contributed by atoms with Crippen LogP contribution in [-0.4, -0.2) is 37.1 Å². The van der Waals surface area contributed by atoms with Gasteiger partial charge in [-0.25, -0.2) is 18.6 Å². The van der Waals surface area contributed by atoms with Crippen LogP contribution in [0.15, 0.2) is 55.0 Å². The minimum absolute atomic E-state index is 0.00272. The van der Waals surface area contributed by atoms with Crippen molar-refractivity contribution in [1.29, 1.82) is 0 Å². The van der Waals surface area contributed by atoms with Gasteiger partial charge in [-0.2, -0.15) is 10.2 Å². The highest BCUT2D eigenvalue weighted by Crippen LogP contribution is 2.35. The Morgan fingerprint density at radius 1 is 0.912 bits per heavy atom. The Labute approximate surface area is 200 Å². The minimum atomic E-state index is -1.47. The van der Waals surface area contributed by atoms with E-state index < -0.39 is 23.6 Å². The van der Waals surface area contributed by atoms with Crippen LogP contribution in [0.3, 0.4) is 0 Å². The number of carbonyl (C=O) groups excluding carboxylic acids is 1. The molecule has 2 amide bonds. The third kappa shape index (κ3) is 4.80. The number of hydrogen-bond acceptors (Lipinski definition) is 5. The fraction of sp³-hybridized carbons (Fsp3) is 0. The average molecular weight is 505 g/mol. The quantitative estimate of drug-likeness (QED) is 0.340. The molecule has 3 N–H and O–H groups in total. The smallest absolute Gasteiger partial charge is 0.409 e. The average Bonchev–Trinajstić information content (AvgIpc) is 3.30. The van der Waals surface area contributed by atoms with Crippen molar-refractivity contribution in [2.24, 2.45) is 0 Å². The molecule has 0 bridgehead atoms. The molecule has 13 heteroatoms. The Morgan fingerprint density at radius 2 is 1.65 bits per heavy atom. The Balaban J connectivity index is 1.59. The van der Waals surface area contributed by atoms with Crippen LogP contribution >= 0.6 is 23.2 Å². The van der Waals surface area contributed by atoms with Gasteiger partial charge in [-0.3, -0.25) is 10.1 Å². The number of nitrogens with zero attached hydrogens (tertiary/aromatic N) is 4. The Hall–Kier alpha value is -4.09. The zero-order valence-corrected chi connectivity index (χ0v) is 18.3. The highest BCUT2D eigenvalue weighted by molar-refractivity contribution is 6.32. The Bertz CT molecular complexity index is 1420. The summed E-state index contributed by atoms with van der Waals surface area (Å²) in [6, 6.07) is 6.87.